The van der Waals surface area contributed by atoms with Crippen LogP contribution in [0.1, 0.15) is 18.4 Å². The fourth-order valence-electron chi connectivity index (χ4n) is 1.61. The summed E-state index contributed by atoms with van der Waals surface area (Å²) in [5.74, 6) is 0.775. The van der Waals surface area contributed by atoms with Gasteiger partial charge in [0.1, 0.15) is 5.75 Å². The van der Waals surface area contributed by atoms with Crippen LogP contribution in [0.4, 0.5) is 0 Å². The number of rotatable bonds is 8. The van der Waals surface area contributed by atoms with Crippen LogP contribution in [0.2, 0.25) is 0 Å². The van der Waals surface area contributed by atoms with Gasteiger partial charge in [0.15, 0.2) is 0 Å². The predicted molar refractivity (Wildman–Crippen MR) is 73.6 cm³/mol. The van der Waals surface area contributed by atoms with Gasteiger partial charge in [-0.25, -0.2) is 0 Å². The molecule has 0 atom stereocenters. The van der Waals surface area contributed by atoms with E-state index in [0.29, 0.717) is 0 Å². The second kappa shape index (κ2) is 8.66. The van der Waals surface area contributed by atoms with Crippen LogP contribution in [-0.4, -0.2) is 48.8 Å². The molecule has 0 aliphatic heterocycles. The minimum atomic E-state index is 0.260. The quantitative estimate of drug-likeness (QED) is 0.764. The van der Waals surface area contributed by atoms with E-state index in [9.17, 15) is 0 Å². The summed E-state index contributed by atoms with van der Waals surface area (Å²) in [6, 6.07) is 1.96. The number of aromatic nitrogens is 1. The fraction of sp³-hybridized carbons (Fsp3) is 0.500. The van der Waals surface area contributed by atoms with E-state index in [0.717, 1.165) is 37.2 Å². The molecule has 1 aromatic rings. The zero-order valence-corrected chi connectivity index (χ0v) is 11.2. The molecule has 0 aliphatic rings. The minimum Gasteiger partial charge on any atom is -0.495 e. The first-order valence-corrected chi connectivity index (χ1v) is 6.21. The van der Waals surface area contributed by atoms with Gasteiger partial charge in [0.05, 0.1) is 13.3 Å². The number of aliphatic hydroxyl groups excluding tert-OH is 1. The first-order valence-electron chi connectivity index (χ1n) is 6.21. The van der Waals surface area contributed by atoms with Gasteiger partial charge in [-0.1, -0.05) is 12.2 Å². The second-order valence-electron chi connectivity index (χ2n) is 4.23. The monoisotopic (exact) mass is 250 g/mol. The molecule has 0 bridgehead atoms. The maximum absolute atomic E-state index is 8.73. The summed E-state index contributed by atoms with van der Waals surface area (Å²) < 4.78 is 5.12. The Morgan fingerprint density at radius 1 is 1.39 bits per heavy atom. The number of ether oxygens (including phenoxy) is 1. The third-order valence-corrected chi connectivity index (χ3v) is 2.66. The van der Waals surface area contributed by atoms with Crippen LogP contribution in [0.15, 0.2) is 24.5 Å². The molecule has 0 fully saturated rings. The van der Waals surface area contributed by atoms with E-state index in [2.05, 4.69) is 29.1 Å². The summed E-state index contributed by atoms with van der Waals surface area (Å²) in [7, 11) is 3.71. The topological polar surface area (TPSA) is 45.6 Å². The van der Waals surface area contributed by atoms with Crippen molar-refractivity contribution in [3.63, 3.8) is 0 Å². The lowest BCUT2D eigenvalue weighted by molar-refractivity contribution is 0.249. The van der Waals surface area contributed by atoms with Crippen molar-refractivity contribution in [2.45, 2.75) is 12.8 Å². The Hall–Kier alpha value is -1.39. The van der Waals surface area contributed by atoms with Crippen molar-refractivity contribution >= 4 is 6.08 Å². The molecule has 1 rings (SSSR count). The molecule has 1 heterocycles. The van der Waals surface area contributed by atoms with Gasteiger partial charge in [-0.05, 0) is 31.5 Å². The smallest absolute Gasteiger partial charge is 0.137 e. The zero-order valence-electron chi connectivity index (χ0n) is 11.2. The van der Waals surface area contributed by atoms with Crippen molar-refractivity contribution in [1.29, 1.82) is 0 Å². The van der Waals surface area contributed by atoms with Crippen LogP contribution >= 0.6 is 0 Å². The van der Waals surface area contributed by atoms with Crippen LogP contribution in [0, 0.1) is 0 Å². The number of pyridine rings is 1. The molecule has 0 saturated carbocycles. The first-order chi connectivity index (χ1) is 8.76. The van der Waals surface area contributed by atoms with Crippen molar-refractivity contribution in [1.82, 2.24) is 9.88 Å². The van der Waals surface area contributed by atoms with E-state index >= 15 is 0 Å². The van der Waals surface area contributed by atoms with Gasteiger partial charge in [0, 0.05) is 25.9 Å². The molecule has 0 spiro atoms. The SMILES string of the molecule is COc1cncc(/C=C/CCN(C)CCCO)c1. The highest BCUT2D eigenvalue weighted by Crippen LogP contribution is 2.11. The highest BCUT2D eigenvalue weighted by atomic mass is 16.5. The third kappa shape index (κ3) is 5.80. The van der Waals surface area contributed by atoms with Crippen LogP contribution in [0.5, 0.6) is 5.75 Å². The molecule has 100 valence electrons. The van der Waals surface area contributed by atoms with E-state index in [1.165, 1.54) is 0 Å². The Morgan fingerprint density at radius 2 is 2.22 bits per heavy atom. The van der Waals surface area contributed by atoms with Crippen LogP contribution in [-0.2, 0) is 0 Å². The lowest BCUT2D eigenvalue weighted by Gasteiger charge is -2.13. The summed E-state index contributed by atoms with van der Waals surface area (Å²) in [5.41, 5.74) is 1.05. The molecule has 4 nitrogen and oxygen atoms in total. The van der Waals surface area contributed by atoms with Crippen LogP contribution in [0.3, 0.4) is 0 Å². The molecule has 0 aromatic carbocycles. The molecule has 4 heteroatoms. The number of methoxy groups -OCH3 is 1. The van der Waals surface area contributed by atoms with E-state index in [1.54, 1.807) is 13.3 Å². The lowest BCUT2D eigenvalue weighted by atomic mass is 10.2. The fourth-order valence-corrected chi connectivity index (χ4v) is 1.61. The molecule has 1 N–H and O–H groups in total. The van der Waals surface area contributed by atoms with Gasteiger partial charge in [-0.3, -0.25) is 4.98 Å². The van der Waals surface area contributed by atoms with Crippen molar-refractivity contribution in [3.05, 3.63) is 30.1 Å². The molecular formula is C14H22N2O2. The van der Waals surface area contributed by atoms with Gasteiger partial charge in [-0.2, -0.15) is 0 Å². The maximum atomic E-state index is 8.73. The van der Waals surface area contributed by atoms with Gasteiger partial charge in [-0.15, -0.1) is 0 Å². The highest BCUT2D eigenvalue weighted by molar-refractivity contribution is 5.49. The minimum absolute atomic E-state index is 0.260. The van der Waals surface area contributed by atoms with Gasteiger partial charge in [0.2, 0.25) is 0 Å². The normalized spacial score (nSPS) is 11.3. The molecule has 18 heavy (non-hydrogen) atoms. The van der Waals surface area contributed by atoms with E-state index in [4.69, 9.17) is 9.84 Å². The average molecular weight is 250 g/mol. The molecule has 0 unspecified atom stereocenters. The van der Waals surface area contributed by atoms with Crippen molar-refractivity contribution < 1.29 is 9.84 Å². The number of aliphatic hydroxyl groups is 1. The summed E-state index contributed by atoms with van der Waals surface area (Å²) in [5, 5.41) is 8.73. The molecule has 1 aromatic heterocycles. The third-order valence-electron chi connectivity index (χ3n) is 2.66. The van der Waals surface area contributed by atoms with E-state index < -0.39 is 0 Å². The Balaban J connectivity index is 2.31. The molecule has 0 radical (unpaired) electrons. The Kier molecular flexibility index (Phi) is 7.06. The Bertz CT molecular complexity index is 367. The molecule has 0 amide bonds. The standard InChI is InChI=1S/C14H22N2O2/c1-16(8-5-9-17)7-4-3-6-13-10-14(18-2)12-15-11-13/h3,6,10-12,17H,4-5,7-9H2,1-2H3/b6-3+. The molecule has 0 aliphatic carbocycles. The summed E-state index contributed by atoms with van der Waals surface area (Å²) in [6.45, 7) is 2.19. The zero-order chi connectivity index (χ0) is 13.2. The second-order valence-corrected chi connectivity index (χ2v) is 4.23. The largest absolute Gasteiger partial charge is 0.495 e. The van der Waals surface area contributed by atoms with E-state index in [-0.39, 0.29) is 6.61 Å². The van der Waals surface area contributed by atoms with Crippen LogP contribution in [0.25, 0.3) is 6.08 Å². The van der Waals surface area contributed by atoms with E-state index in [1.807, 2.05) is 12.3 Å². The number of hydrogen-bond donors (Lipinski definition) is 1. The van der Waals surface area contributed by atoms with Gasteiger partial charge >= 0.3 is 0 Å². The number of nitrogens with zero attached hydrogens (tertiary/aromatic N) is 2. The Morgan fingerprint density at radius 3 is 2.94 bits per heavy atom. The highest BCUT2D eigenvalue weighted by Gasteiger charge is 1.96. The van der Waals surface area contributed by atoms with Crippen molar-refractivity contribution in [3.8, 4) is 5.75 Å². The Labute approximate surface area is 109 Å². The van der Waals surface area contributed by atoms with Gasteiger partial charge in [0.25, 0.3) is 0 Å². The molecule has 0 saturated heterocycles. The lowest BCUT2D eigenvalue weighted by Crippen LogP contribution is -2.21. The van der Waals surface area contributed by atoms with Crippen molar-refractivity contribution in [2.75, 3.05) is 33.9 Å². The average Bonchev–Trinajstić information content (AvgIpc) is 2.41. The van der Waals surface area contributed by atoms with Crippen molar-refractivity contribution in [2.24, 2.45) is 0 Å². The predicted octanol–water partition coefficient (Wildman–Crippen LogP) is 1.81. The summed E-state index contributed by atoms with van der Waals surface area (Å²) >= 11 is 0. The number of hydrogen-bond acceptors (Lipinski definition) is 4. The maximum Gasteiger partial charge on any atom is 0.137 e. The van der Waals surface area contributed by atoms with Gasteiger partial charge < -0.3 is 14.7 Å². The first kappa shape index (κ1) is 14.7. The summed E-state index contributed by atoms with van der Waals surface area (Å²) in [4.78, 5) is 6.31. The summed E-state index contributed by atoms with van der Waals surface area (Å²) in [6.07, 6.45) is 9.51. The van der Waals surface area contributed by atoms with Crippen LogP contribution < -0.4 is 4.74 Å². The molecular weight excluding hydrogens is 228 g/mol.